The van der Waals surface area contributed by atoms with Crippen LogP contribution >= 0.6 is 12.4 Å². The lowest BCUT2D eigenvalue weighted by Gasteiger charge is -2.19. The molecule has 0 saturated carbocycles. The van der Waals surface area contributed by atoms with Gasteiger partial charge in [0, 0.05) is 18.2 Å². The normalized spacial score (nSPS) is 11.4. The van der Waals surface area contributed by atoms with Crippen LogP contribution in [0.25, 0.3) is 0 Å². The monoisotopic (exact) mass is 289 g/mol. The average Bonchev–Trinajstić information content (AvgIpc) is 2.42. The third-order valence-corrected chi connectivity index (χ3v) is 2.99. The maximum absolute atomic E-state index is 6.22. The number of halogens is 1. The summed E-state index contributed by atoms with van der Waals surface area (Å²) >= 11 is 0. The molecule has 0 bridgehead atoms. The van der Waals surface area contributed by atoms with E-state index in [-0.39, 0.29) is 18.4 Å². The van der Waals surface area contributed by atoms with Gasteiger partial charge in [-0.2, -0.15) is 0 Å². The van der Waals surface area contributed by atoms with Crippen molar-refractivity contribution >= 4 is 12.4 Å². The van der Waals surface area contributed by atoms with E-state index < -0.39 is 0 Å². The van der Waals surface area contributed by atoms with Crippen molar-refractivity contribution in [3.05, 3.63) is 17.7 Å². The number of benzene rings is 1. The summed E-state index contributed by atoms with van der Waals surface area (Å²) in [4.78, 5) is 0. The number of rotatable bonds is 7. The Morgan fingerprint density at radius 3 is 1.95 bits per heavy atom. The Hall–Kier alpha value is -1.13. The second-order valence-corrected chi connectivity index (χ2v) is 4.19. The molecule has 1 atom stereocenters. The van der Waals surface area contributed by atoms with Gasteiger partial charge < -0.3 is 19.9 Å². The zero-order valence-electron chi connectivity index (χ0n) is 12.1. The molecule has 1 aromatic rings. The zero-order chi connectivity index (χ0) is 13.5. The highest BCUT2D eigenvalue weighted by Crippen LogP contribution is 2.38. The summed E-state index contributed by atoms with van der Waals surface area (Å²) in [7, 11) is 4.87. The van der Waals surface area contributed by atoms with Crippen LogP contribution in [0.3, 0.4) is 0 Å². The van der Waals surface area contributed by atoms with Gasteiger partial charge in [-0.05, 0) is 6.42 Å². The van der Waals surface area contributed by atoms with Crippen molar-refractivity contribution in [3.63, 3.8) is 0 Å². The fourth-order valence-corrected chi connectivity index (χ4v) is 1.97. The van der Waals surface area contributed by atoms with Gasteiger partial charge in [-0.25, -0.2) is 0 Å². The first kappa shape index (κ1) is 17.9. The van der Waals surface area contributed by atoms with Gasteiger partial charge in [0.2, 0.25) is 0 Å². The first-order valence-corrected chi connectivity index (χ1v) is 6.23. The third kappa shape index (κ3) is 4.48. The summed E-state index contributed by atoms with van der Waals surface area (Å²) in [6, 6.07) is 3.59. The Balaban J connectivity index is 0.00000324. The van der Waals surface area contributed by atoms with E-state index in [1.165, 1.54) is 0 Å². The molecular weight excluding hydrogens is 266 g/mol. The molecule has 1 aromatic carbocycles. The van der Waals surface area contributed by atoms with E-state index in [4.69, 9.17) is 19.9 Å². The quantitative estimate of drug-likeness (QED) is 0.836. The van der Waals surface area contributed by atoms with Crippen molar-refractivity contribution in [2.24, 2.45) is 5.73 Å². The van der Waals surface area contributed by atoms with Gasteiger partial charge in [0.05, 0.1) is 26.9 Å². The van der Waals surface area contributed by atoms with Crippen LogP contribution in [0, 0.1) is 0 Å². The molecule has 5 heteroatoms. The molecule has 0 aromatic heterocycles. The number of ether oxygens (including phenoxy) is 3. The molecule has 0 spiro atoms. The van der Waals surface area contributed by atoms with Gasteiger partial charge in [0.1, 0.15) is 17.2 Å². The fraction of sp³-hybridized carbons (Fsp3) is 0.571. The fourth-order valence-electron chi connectivity index (χ4n) is 1.97. The SMILES string of the molecule is CCCC[C@@H](N)c1c(OC)cc(OC)cc1OC.Cl. The molecule has 2 N–H and O–H groups in total. The van der Waals surface area contributed by atoms with E-state index in [1.807, 2.05) is 12.1 Å². The molecule has 0 saturated heterocycles. The second kappa shape index (κ2) is 8.88. The minimum Gasteiger partial charge on any atom is -0.496 e. The Kier molecular flexibility index (Phi) is 8.35. The maximum Gasteiger partial charge on any atom is 0.131 e. The largest absolute Gasteiger partial charge is 0.496 e. The molecule has 0 aliphatic carbocycles. The predicted octanol–water partition coefficient (Wildman–Crippen LogP) is 3.32. The van der Waals surface area contributed by atoms with Crippen molar-refractivity contribution in [1.82, 2.24) is 0 Å². The molecule has 0 amide bonds. The van der Waals surface area contributed by atoms with Crippen molar-refractivity contribution in [1.29, 1.82) is 0 Å². The summed E-state index contributed by atoms with van der Waals surface area (Å²) < 4.78 is 16.0. The second-order valence-electron chi connectivity index (χ2n) is 4.19. The third-order valence-electron chi connectivity index (χ3n) is 2.99. The Labute approximate surface area is 121 Å². The summed E-state index contributed by atoms with van der Waals surface area (Å²) in [6.45, 7) is 2.15. The highest BCUT2D eigenvalue weighted by atomic mass is 35.5. The van der Waals surface area contributed by atoms with Gasteiger partial charge in [0.15, 0.2) is 0 Å². The first-order chi connectivity index (χ1) is 8.67. The Bertz CT molecular complexity index is 360. The number of hydrogen-bond donors (Lipinski definition) is 1. The lowest BCUT2D eigenvalue weighted by atomic mass is 9.99. The van der Waals surface area contributed by atoms with Crippen molar-refractivity contribution in [3.8, 4) is 17.2 Å². The van der Waals surface area contributed by atoms with Gasteiger partial charge in [-0.1, -0.05) is 19.8 Å². The predicted molar refractivity (Wildman–Crippen MR) is 79.8 cm³/mol. The standard InChI is InChI=1S/C14H23NO3.ClH/c1-5-6-7-11(15)14-12(17-3)8-10(16-2)9-13(14)18-4;/h8-9,11H,5-7,15H2,1-4H3;1H/t11-;/m1./s1. The summed E-state index contributed by atoms with van der Waals surface area (Å²) in [6.07, 6.45) is 3.11. The van der Waals surface area contributed by atoms with Gasteiger partial charge in [0.25, 0.3) is 0 Å². The van der Waals surface area contributed by atoms with Crippen molar-refractivity contribution in [2.75, 3.05) is 21.3 Å². The van der Waals surface area contributed by atoms with E-state index in [1.54, 1.807) is 21.3 Å². The van der Waals surface area contributed by atoms with E-state index >= 15 is 0 Å². The molecule has 0 unspecified atom stereocenters. The van der Waals surface area contributed by atoms with Crippen LogP contribution in [0.2, 0.25) is 0 Å². The van der Waals surface area contributed by atoms with Crippen LogP contribution in [0.15, 0.2) is 12.1 Å². The smallest absolute Gasteiger partial charge is 0.131 e. The Morgan fingerprint density at radius 2 is 1.58 bits per heavy atom. The number of unbranched alkanes of at least 4 members (excludes halogenated alkanes) is 1. The van der Waals surface area contributed by atoms with Gasteiger partial charge in [-0.3, -0.25) is 0 Å². The maximum atomic E-state index is 6.22. The van der Waals surface area contributed by atoms with Crippen LogP contribution in [-0.4, -0.2) is 21.3 Å². The minimum absolute atomic E-state index is 0. The molecule has 19 heavy (non-hydrogen) atoms. The molecule has 0 heterocycles. The van der Waals surface area contributed by atoms with Gasteiger partial charge >= 0.3 is 0 Å². The Morgan fingerprint density at radius 1 is 1.05 bits per heavy atom. The average molecular weight is 290 g/mol. The lowest BCUT2D eigenvalue weighted by Crippen LogP contribution is -2.13. The van der Waals surface area contributed by atoms with Crippen LogP contribution in [0.5, 0.6) is 17.2 Å². The first-order valence-electron chi connectivity index (χ1n) is 6.23. The van der Waals surface area contributed by atoms with Crippen LogP contribution in [0.1, 0.15) is 37.8 Å². The van der Waals surface area contributed by atoms with Gasteiger partial charge in [-0.15, -0.1) is 12.4 Å². The molecule has 1 rings (SSSR count). The molecule has 4 nitrogen and oxygen atoms in total. The molecular formula is C14H24ClNO3. The van der Waals surface area contributed by atoms with E-state index in [9.17, 15) is 0 Å². The number of methoxy groups -OCH3 is 3. The molecule has 0 aliphatic heterocycles. The van der Waals surface area contributed by atoms with Crippen molar-refractivity contribution < 1.29 is 14.2 Å². The highest BCUT2D eigenvalue weighted by Gasteiger charge is 2.19. The topological polar surface area (TPSA) is 53.7 Å². The van der Waals surface area contributed by atoms with E-state index in [2.05, 4.69) is 6.92 Å². The lowest BCUT2D eigenvalue weighted by molar-refractivity contribution is 0.362. The summed E-state index contributed by atoms with van der Waals surface area (Å²) in [5.74, 6) is 2.14. The molecule has 110 valence electrons. The van der Waals surface area contributed by atoms with Crippen LogP contribution in [0.4, 0.5) is 0 Å². The zero-order valence-corrected chi connectivity index (χ0v) is 12.9. The van der Waals surface area contributed by atoms with Crippen molar-refractivity contribution in [2.45, 2.75) is 32.2 Å². The summed E-state index contributed by atoms with van der Waals surface area (Å²) in [5.41, 5.74) is 7.14. The molecule has 0 radical (unpaired) electrons. The molecule has 0 aliphatic rings. The minimum atomic E-state index is -0.0826. The number of hydrogen-bond acceptors (Lipinski definition) is 4. The number of nitrogens with two attached hydrogens (primary N) is 1. The highest BCUT2D eigenvalue weighted by molar-refractivity contribution is 5.85. The van der Waals surface area contributed by atoms with Crippen LogP contribution in [-0.2, 0) is 0 Å². The summed E-state index contributed by atoms with van der Waals surface area (Å²) in [5, 5.41) is 0. The van der Waals surface area contributed by atoms with Crippen LogP contribution < -0.4 is 19.9 Å². The van der Waals surface area contributed by atoms with E-state index in [0.717, 1.165) is 36.3 Å². The molecule has 0 fully saturated rings. The van der Waals surface area contributed by atoms with E-state index in [0.29, 0.717) is 5.75 Å².